The zero-order valence-electron chi connectivity index (χ0n) is 12.9. The molecule has 0 saturated carbocycles. The van der Waals surface area contributed by atoms with Crippen molar-refractivity contribution in [1.82, 2.24) is 4.90 Å². The summed E-state index contributed by atoms with van der Waals surface area (Å²) >= 11 is 1.60. The number of carbonyl (C=O) groups excluding carboxylic acids is 1. The van der Waals surface area contributed by atoms with Crippen LogP contribution in [0.5, 0.6) is 0 Å². The first kappa shape index (κ1) is 16.0. The van der Waals surface area contributed by atoms with E-state index in [9.17, 15) is 4.79 Å². The summed E-state index contributed by atoms with van der Waals surface area (Å²) in [7, 11) is 0. The van der Waals surface area contributed by atoms with Crippen molar-refractivity contribution in [1.29, 1.82) is 0 Å². The van der Waals surface area contributed by atoms with Gasteiger partial charge < -0.3 is 10.6 Å². The highest BCUT2D eigenvalue weighted by atomic mass is 32.2. The van der Waals surface area contributed by atoms with Gasteiger partial charge >= 0.3 is 0 Å². The molecule has 0 atom stereocenters. The fraction of sp³-hybridized carbons (Fsp3) is 0.471. The lowest BCUT2D eigenvalue weighted by atomic mass is 10.0. The molecule has 0 radical (unpaired) electrons. The minimum atomic E-state index is 0.201. The molecule has 3 nitrogen and oxygen atoms in total. The number of carbonyl (C=O) groups is 1. The van der Waals surface area contributed by atoms with Gasteiger partial charge in [-0.3, -0.25) is 4.79 Å². The third-order valence-corrected chi connectivity index (χ3v) is 4.94. The predicted octanol–water partition coefficient (Wildman–Crippen LogP) is 3.98. The van der Waals surface area contributed by atoms with Crippen molar-refractivity contribution >= 4 is 23.4 Å². The molecule has 1 aromatic carbocycles. The molecule has 0 fully saturated rings. The van der Waals surface area contributed by atoms with E-state index in [1.807, 2.05) is 36.9 Å². The van der Waals surface area contributed by atoms with Crippen molar-refractivity contribution < 1.29 is 4.79 Å². The molecule has 2 rings (SSSR count). The van der Waals surface area contributed by atoms with E-state index in [1.165, 1.54) is 18.5 Å². The molecule has 0 unspecified atom stereocenters. The smallest absolute Gasteiger partial charge is 0.237 e. The Morgan fingerprint density at radius 1 is 1.38 bits per heavy atom. The molecule has 2 N–H and O–H groups in total. The molecular formula is C17H24N2OS. The van der Waals surface area contributed by atoms with Crippen LogP contribution in [0.4, 0.5) is 5.69 Å². The number of aryl methyl sites for hydroxylation is 1. The van der Waals surface area contributed by atoms with Gasteiger partial charge in [-0.15, -0.1) is 11.8 Å². The molecule has 1 aliphatic rings. The average molecular weight is 304 g/mol. The largest absolute Gasteiger partial charge is 0.399 e. The van der Waals surface area contributed by atoms with E-state index in [1.54, 1.807) is 11.8 Å². The first-order valence-electron chi connectivity index (χ1n) is 7.60. The van der Waals surface area contributed by atoms with Crippen LogP contribution in [0.3, 0.4) is 0 Å². The second-order valence-electron chi connectivity index (χ2n) is 5.39. The van der Waals surface area contributed by atoms with E-state index >= 15 is 0 Å². The minimum Gasteiger partial charge on any atom is -0.399 e. The van der Waals surface area contributed by atoms with Gasteiger partial charge in [0.15, 0.2) is 0 Å². The van der Waals surface area contributed by atoms with Crippen LogP contribution in [0, 0.1) is 6.92 Å². The number of anilines is 1. The number of nitrogen functional groups attached to an aromatic ring is 1. The van der Waals surface area contributed by atoms with Crippen LogP contribution >= 0.6 is 11.8 Å². The highest BCUT2D eigenvalue weighted by molar-refractivity contribution is 8.00. The van der Waals surface area contributed by atoms with Crippen molar-refractivity contribution in [2.75, 3.05) is 18.0 Å². The average Bonchev–Trinajstić information content (AvgIpc) is 2.48. The van der Waals surface area contributed by atoms with Crippen LogP contribution in [0.15, 0.2) is 34.9 Å². The standard InChI is InChI=1S/C17H24N2OS/c1-3-19(15-7-5-4-6-8-15)17(20)12-21-16-10-9-14(18)11-13(16)2/h7,9-11H,3-6,8,12,18H2,1-2H3. The number of nitrogens with two attached hydrogens (primary N) is 1. The summed E-state index contributed by atoms with van der Waals surface area (Å²) in [5.41, 5.74) is 8.87. The Bertz CT molecular complexity index is 540. The summed E-state index contributed by atoms with van der Waals surface area (Å²) in [5.74, 6) is 0.683. The summed E-state index contributed by atoms with van der Waals surface area (Å²) in [6.07, 6.45) is 6.80. The molecule has 1 amide bonds. The lowest BCUT2D eigenvalue weighted by molar-refractivity contribution is -0.126. The van der Waals surface area contributed by atoms with Crippen molar-refractivity contribution in [3.8, 4) is 0 Å². The van der Waals surface area contributed by atoms with Gasteiger partial charge in [-0.25, -0.2) is 0 Å². The second kappa shape index (κ2) is 7.55. The molecule has 0 heterocycles. The van der Waals surface area contributed by atoms with Crippen LogP contribution in [0.2, 0.25) is 0 Å². The highest BCUT2D eigenvalue weighted by Crippen LogP contribution is 2.26. The van der Waals surface area contributed by atoms with Gasteiger partial charge in [-0.05, 0) is 63.3 Å². The summed E-state index contributed by atoms with van der Waals surface area (Å²) in [5, 5.41) is 0. The van der Waals surface area contributed by atoms with Crippen molar-refractivity contribution in [2.24, 2.45) is 0 Å². The minimum absolute atomic E-state index is 0.201. The van der Waals surface area contributed by atoms with E-state index < -0.39 is 0 Å². The first-order chi connectivity index (χ1) is 10.1. The molecule has 0 bridgehead atoms. The topological polar surface area (TPSA) is 46.3 Å². The Balaban J connectivity index is 1.97. The fourth-order valence-electron chi connectivity index (χ4n) is 2.66. The van der Waals surface area contributed by atoms with Crippen LogP contribution in [-0.2, 0) is 4.79 Å². The third-order valence-electron chi connectivity index (χ3n) is 3.78. The van der Waals surface area contributed by atoms with Crippen molar-refractivity contribution in [3.05, 3.63) is 35.5 Å². The SMILES string of the molecule is CCN(C(=O)CSc1ccc(N)cc1C)C1=CCCCC1. The second-order valence-corrected chi connectivity index (χ2v) is 6.41. The number of hydrogen-bond donors (Lipinski definition) is 1. The number of benzene rings is 1. The van der Waals surface area contributed by atoms with E-state index in [0.717, 1.165) is 35.5 Å². The van der Waals surface area contributed by atoms with Gasteiger partial charge in [0.25, 0.3) is 0 Å². The molecule has 0 aromatic heterocycles. The van der Waals surface area contributed by atoms with Crippen LogP contribution < -0.4 is 5.73 Å². The molecule has 0 spiro atoms. The Kier molecular flexibility index (Phi) is 5.74. The Hall–Kier alpha value is -1.42. The molecule has 1 aromatic rings. The summed E-state index contributed by atoms with van der Waals surface area (Å²) in [4.78, 5) is 15.5. The molecule has 0 aliphatic heterocycles. The molecule has 1 aliphatic carbocycles. The molecule has 114 valence electrons. The van der Waals surface area contributed by atoms with Crippen LogP contribution in [-0.4, -0.2) is 23.1 Å². The monoisotopic (exact) mass is 304 g/mol. The van der Waals surface area contributed by atoms with Crippen LogP contribution in [0.1, 0.15) is 38.2 Å². The van der Waals surface area contributed by atoms with E-state index in [2.05, 4.69) is 6.08 Å². The Morgan fingerprint density at radius 2 is 2.19 bits per heavy atom. The van der Waals surface area contributed by atoms with Gasteiger partial charge in [0.2, 0.25) is 5.91 Å². The van der Waals surface area contributed by atoms with Gasteiger partial charge in [0.05, 0.1) is 5.75 Å². The molecular weight excluding hydrogens is 280 g/mol. The van der Waals surface area contributed by atoms with E-state index in [4.69, 9.17) is 5.73 Å². The zero-order valence-corrected chi connectivity index (χ0v) is 13.7. The maximum atomic E-state index is 12.5. The van der Waals surface area contributed by atoms with Crippen molar-refractivity contribution in [3.63, 3.8) is 0 Å². The lowest BCUT2D eigenvalue weighted by Crippen LogP contribution is -2.32. The van der Waals surface area contributed by atoms with Crippen LogP contribution in [0.25, 0.3) is 0 Å². The van der Waals surface area contributed by atoms with E-state index in [-0.39, 0.29) is 5.91 Å². The summed E-state index contributed by atoms with van der Waals surface area (Å²) < 4.78 is 0. The van der Waals surface area contributed by atoms with Gasteiger partial charge in [-0.1, -0.05) is 6.08 Å². The molecule has 4 heteroatoms. The number of thioether (sulfide) groups is 1. The number of allylic oxidation sites excluding steroid dienone is 2. The number of rotatable bonds is 5. The first-order valence-corrected chi connectivity index (χ1v) is 8.58. The quantitative estimate of drug-likeness (QED) is 0.661. The fourth-order valence-corrected chi connectivity index (χ4v) is 3.54. The van der Waals surface area contributed by atoms with Crippen molar-refractivity contribution in [2.45, 2.75) is 44.4 Å². The predicted molar refractivity (Wildman–Crippen MR) is 90.3 cm³/mol. The van der Waals surface area contributed by atoms with E-state index in [0.29, 0.717) is 5.75 Å². The maximum absolute atomic E-state index is 12.5. The van der Waals surface area contributed by atoms with Gasteiger partial charge in [0.1, 0.15) is 0 Å². The zero-order chi connectivity index (χ0) is 15.2. The van der Waals surface area contributed by atoms with Gasteiger partial charge in [0, 0.05) is 22.8 Å². The Morgan fingerprint density at radius 3 is 2.81 bits per heavy atom. The normalized spacial score (nSPS) is 14.7. The third kappa shape index (κ3) is 4.27. The van der Waals surface area contributed by atoms with Gasteiger partial charge in [-0.2, -0.15) is 0 Å². The number of amides is 1. The number of hydrogen-bond acceptors (Lipinski definition) is 3. The number of nitrogens with zero attached hydrogens (tertiary/aromatic N) is 1. The highest BCUT2D eigenvalue weighted by Gasteiger charge is 2.18. The summed E-state index contributed by atoms with van der Waals surface area (Å²) in [6.45, 7) is 4.84. The molecule has 21 heavy (non-hydrogen) atoms. The summed E-state index contributed by atoms with van der Waals surface area (Å²) in [6, 6.07) is 5.84. The molecule has 0 saturated heterocycles. The maximum Gasteiger partial charge on any atom is 0.237 e. The lowest BCUT2D eigenvalue weighted by Gasteiger charge is -2.26. The Labute approximate surface area is 131 Å².